The summed E-state index contributed by atoms with van der Waals surface area (Å²) in [5.74, 6) is -0.519. The van der Waals surface area contributed by atoms with E-state index in [9.17, 15) is 14.4 Å². The molecule has 2 amide bonds. The maximum atomic E-state index is 14.0. The molecule has 9 heteroatoms. The maximum absolute atomic E-state index is 14.0. The highest BCUT2D eigenvalue weighted by atomic mass is 16.5. The highest BCUT2D eigenvalue weighted by Gasteiger charge is 2.44. The Morgan fingerprint density at radius 1 is 0.895 bits per heavy atom. The molecule has 3 aromatic carbocycles. The second-order valence-electron chi connectivity index (χ2n) is 8.86. The fourth-order valence-corrected chi connectivity index (χ4v) is 5.05. The van der Waals surface area contributed by atoms with Crippen LogP contribution in [-0.2, 0) is 20.7 Å². The number of anilines is 1. The van der Waals surface area contributed by atoms with Gasteiger partial charge in [0.2, 0.25) is 0 Å². The second-order valence-corrected chi connectivity index (χ2v) is 8.86. The quantitative estimate of drug-likeness (QED) is 0.375. The van der Waals surface area contributed by atoms with E-state index in [1.54, 1.807) is 48.5 Å². The van der Waals surface area contributed by atoms with Crippen molar-refractivity contribution in [1.82, 2.24) is 9.88 Å². The Morgan fingerprint density at radius 3 is 2.32 bits per heavy atom. The van der Waals surface area contributed by atoms with E-state index < -0.39 is 30.1 Å². The lowest BCUT2D eigenvalue weighted by Gasteiger charge is -2.40. The lowest BCUT2D eigenvalue weighted by molar-refractivity contribution is -0.146. The SMILES string of the molecule is COC(=O)c1ccc(C2c3[nH]c4ccccc4c3CC(C(=O)OC)N2C(=O)Nc2ccccc2OC)cc1. The smallest absolute Gasteiger partial charge is 0.337 e. The third kappa shape index (κ3) is 4.32. The van der Waals surface area contributed by atoms with Gasteiger partial charge in [0.15, 0.2) is 0 Å². The first-order chi connectivity index (χ1) is 18.5. The molecule has 38 heavy (non-hydrogen) atoms. The summed E-state index contributed by atoms with van der Waals surface area (Å²) in [4.78, 5) is 44.1. The molecule has 1 aliphatic rings. The summed E-state index contributed by atoms with van der Waals surface area (Å²) in [7, 11) is 4.15. The number of rotatable bonds is 5. The van der Waals surface area contributed by atoms with Crippen molar-refractivity contribution in [3.8, 4) is 5.75 Å². The van der Waals surface area contributed by atoms with E-state index in [2.05, 4.69) is 10.3 Å². The number of H-pyrrole nitrogens is 1. The van der Waals surface area contributed by atoms with Crippen molar-refractivity contribution in [3.05, 3.63) is 95.2 Å². The number of esters is 2. The first kappa shape index (κ1) is 24.9. The van der Waals surface area contributed by atoms with E-state index in [0.29, 0.717) is 22.6 Å². The lowest BCUT2D eigenvalue weighted by Crippen LogP contribution is -2.53. The molecule has 0 saturated carbocycles. The topological polar surface area (TPSA) is 110 Å². The number of nitrogens with zero attached hydrogens (tertiary/aromatic N) is 1. The van der Waals surface area contributed by atoms with Gasteiger partial charge in [0.1, 0.15) is 17.8 Å². The molecule has 0 spiro atoms. The lowest BCUT2D eigenvalue weighted by atomic mass is 9.88. The van der Waals surface area contributed by atoms with E-state index in [4.69, 9.17) is 14.2 Å². The van der Waals surface area contributed by atoms with Crippen molar-refractivity contribution in [2.45, 2.75) is 18.5 Å². The van der Waals surface area contributed by atoms with Crippen LogP contribution in [0.1, 0.15) is 33.2 Å². The highest BCUT2D eigenvalue weighted by Crippen LogP contribution is 2.42. The zero-order valence-electron chi connectivity index (χ0n) is 21.2. The Morgan fingerprint density at radius 2 is 1.61 bits per heavy atom. The van der Waals surface area contributed by atoms with Crippen LogP contribution in [-0.4, -0.2) is 55.2 Å². The maximum Gasteiger partial charge on any atom is 0.337 e. The Labute approximate surface area is 219 Å². The van der Waals surface area contributed by atoms with Crippen LogP contribution in [0.3, 0.4) is 0 Å². The molecule has 1 aromatic heterocycles. The summed E-state index contributed by atoms with van der Waals surface area (Å²) in [6.07, 6.45) is 0.266. The van der Waals surface area contributed by atoms with Crippen molar-refractivity contribution in [1.29, 1.82) is 0 Å². The van der Waals surface area contributed by atoms with E-state index in [1.165, 1.54) is 26.2 Å². The highest BCUT2D eigenvalue weighted by molar-refractivity contribution is 5.96. The molecule has 2 unspecified atom stereocenters. The molecule has 2 atom stereocenters. The predicted octanol–water partition coefficient (Wildman–Crippen LogP) is 4.68. The normalized spacial score (nSPS) is 16.4. The van der Waals surface area contributed by atoms with Crippen LogP contribution in [0, 0.1) is 0 Å². The van der Waals surface area contributed by atoms with Gasteiger partial charge < -0.3 is 24.5 Å². The largest absolute Gasteiger partial charge is 0.495 e. The summed E-state index contributed by atoms with van der Waals surface area (Å²) in [6, 6.07) is 19.6. The molecule has 0 fully saturated rings. The van der Waals surface area contributed by atoms with E-state index in [-0.39, 0.29) is 6.42 Å². The monoisotopic (exact) mass is 513 g/mol. The minimum Gasteiger partial charge on any atom is -0.495 e. The third-order valence-electron chi connectivity index (χ3n) is 6.84. The molecule has 1 aliphatic heterocycles. The number of nitrogens with one attached hydrogen (secondary N) is 2. The molecule has 2 N–H and O–H groups in total. The fourth-order valence-electron chi connectivity index (χ4n) is 5.05. The number of aromatic amines is 1. The number of aromatic nitrogens is 1. The first-order valence-corrected chi connectivity index (χ1v) is 12.0. The number of ether oxygens (including phenoxy) is 3. The minimum absolute atomic E-state index is 0.266. The summed E-state index contributed by atoms with van der Waals surface area (Å²) >= 11 is 0. The van der Waals surface area contributed by atoms with Gasteiger partial charge in [-0.3, -0.25) is 4.90 Å². The van der Waals surface area contributed by atoms with Crippen LogP contribution in [0.5, 0.6) is 5.75 Å². The number of para-hydroxylation sites is 3. The molecule has 9 nitrogen and oxygen atoms in total. The number of methoxy groups -OCH3 is 3. The summed E-state index contributed by atoms with van der Waals surface area (Å²) < 4.78 is 15.4. The summed E-state index contributed by atoms with van der Waals surface area (Å²) in [6.45, 7) is 0. The molecule has 194 valence electrons. The van der Waals surface area contributed by atoms with Gasteiger partial charge in [-0.2, -0.15) is 0 Å². The number of urea groups is 1. The Kier molecular flexibility index (Phi) is 6.74. The van der Waals surface area contributed by atoms with Crippen molar-refractivity contribution in [3.63, 3.8) is 0 Å². The first-order valence-electron chi connectivity index (χ1n) is 12.0. The molecule has 0 saturated heterocycles. The fraction of sp³-hybridized carbons (Fsp3) is 0.207. The second kappa shape index (κ2) is 10.3. The van der Waals surface area contributed by atoms with Gasteiger partial charge in [-0.15, -0.1) is 0 Å². The third-order valence-corrected chi connectivity index (χ3v) is 6.84. The van der Waals surface area contributed by atoms with Crippen molar-refractivity contribution in [2.75, 3.05) is 26.6 Å². The number of fused-ring (bicyclic) bond motifs is 3. The van der Waals surface area contributed by atoms with Gasteiger partial charge in [-0.05, 0) is 41.5 Å². The number of carbonyl (C=O) groups excluding carboxylic acids is 3. The Balaban J connectivity index is 1.67. The Bertz CT molecular complexity index is 1510. The number of hydrogen-bond acceptors (Lipinski definition) is 6. The van der Waals surface area contributed by atoms with Gasteiger partial charge in [-0.25, -0.2) is 14.4 Å². The predicted molar refractivity (Wildman–Crippen MR) is 141 cm³/mol. The summed E-state index contributed by atoms with van der Waals surface area (Å²) in [5, 5.41) is 3.88. The molecule has 2 heterocycles. The van der Waals surface area contributed by atoms with Crippen LogP contribution < -0.4 is 10.1 Å². The number of benzene rings is 3. The molecule has 0 bridgehead atoms. The van der Waals surface area contributed by atoms with Crippen molar-refractivity contribution < 1.29 is 28.6 Å². The Hall–Kier alpha value is -4.79. The van der Waals surface area contributed by atoms with Crippen LogP contribution in [0.25, 0.3) is 10.9 Å². The average Bonchev–Trinajstić information content (AvgIpc) is 3.34. The van der Waals surface area contributed by atoms with E-state index >= 15 is 0 Å². The number of carbonyl (C=O) groups is 3. The zero-order chi connectivity index (χ0) is 26.8. The van der Waals surface area contributed by atoms with Gasteiger partial charge in [-0.1, -0.05) is 42.5 Å². The van der Waals surface area contributed by atoms with Gasteiger partial charge in [0.05, 0.1) is 32.6 Å². The molecule has 0 radical (unpaired) electrons. The molecule has 4 aromatic rings. The molecule has 0 aliphatic carbocycles. The van der Waals surface area contributed by atoms with Crippen LogP contribution >= 0.6 is 0 Å². The minimum atomic E-state index is -0.910. The zero-order valence-corrected chi connectivity index (χ0v) is 21.2. The van der Waals surface area contributed by atoms with Crippen LogP contribution in [0.15, 0.2) is 72.8 Å². The average molecular weight is 514 g/mol. The standard InChI is InChI=1S/C29H27N3O6/c1-36-24-11-7-6-10-22(24)31-29(35)32-23(28(34)38-3)16-20-19-8-4-5-9-21(19)30-25(20)26(32)17-12-14-18(15-13-17)27(33)37-2/h4-15,23,26,30H,16H2,1-3H3,(H,31,35). The summed E-state index contributed by atoms with van der Waals surface area (Å²) in [5.41, 5.74) is 4.15. The van der Waals surface area contributed by atoms with Gasteiger partial charge >= 0.3 is 18.0 Å². The van der Waals surface area contributed by atoms with E-state index in [1.807, 2.05) is 24.3 Å². The van der Waals surface area contributed by atoms with E-state index in [0.717, 1.165) is 22.2 Å². The number of hydrogen-bond donors (Lipinski definition) is 2. The van der Waals surface area contributed by atoms with Crippen LogP contribution in [0.2, 0.25) is 0 Å². The van der Waals surface area contributed by atoms with Crippen molar-refractivity contribution >= 4 is 34.6 Å². The molecule has 5 rings (SSSR count). The van der Waals surface area contributed by atoms with Crippen LogP contribution in [0.4, 0.5) is 10.5 Å². The number of amides is 2. The van der Waals surface area contributed by atoms with Gasteiger partial charge in [0, 0.05) is 23.0 Å². The molecular formula is C29H27N3O6. The van der Waals surface area contributed by atoms with Gasteiger partial charge in [0.25, 0.3) is 0 Å². The molecular weight excluding hydrogens is 486 g/mol. The van der Waals surface area contributed by atoms with Crippen molar-refractivity contribution in [2.24, 2.45) is 0 Å².